The van der Waals surface area contributed by atoms with Gasteiger partial charge in [0.1, 0.15) is 10.8 Å². The zero-order valence-corrected chi connectivity index (χ0v) is 19.5. The van der Waals surface area contributed by atoms with Crippen LogP contribution in [0.3, 0.4) is 0 Å². The van der Waals surface area contributed by atoms with E-state index in [1.807, 2.05) is 76.8 Å². The lowest BCUT2D eigenvalue weighted by Crippen LogP contribution is -2.18. The molecule has 0 spiro atoms. The summed E-state index contributed by atoms with van der Waals surface area (Å²) in [5.41, 5.74) is 5.63. The number of aromatic nitrogens is 4. The highest BCUT2D eigenvalue weighted by Gasteiger charge is 2.15. The van der Waals surface area contributed by atoms with E-state index in [-0.39, 0.29) is 12.3 Å². The van der Waals surface area contributed by atoms with Crippen molar-refractivity contribution in [2.45, 2.75) is 19.9 Å². The van der Waals surface area contributed by atoms with Gasteiger partial charge in [0, 0.05) is 23.2 Å². The topological polar surface area (TPSA) is 72.7 Å². The SMILES string of the molecule is Cc1cccc(-c2cc(NC(=O)Cc3csc(-c4ccccn4)n3)n(Cc3ccccc3)n2)c1. The van der Waals surface area contributed by atoms with Crippen LogP contribution in [0.5, 0.6) is 0 Å². The number of hydrogen-bond acceptors (Lipinski definition) is 5. The number of nitrogens with one attached hydrogen (secondary N) is 1. The third-order valence-corrected chi connectivity index (χ3v) is 6.23. The molecule has 1 N–H and O–H groups in total. The number of anilines is 1. The summed E-state index contributed by atoms with van der Waals surface area (Å²) in [7, 11) is 0. The molecule has 0 atom stereocenters. The molecule has 3 aromatic heterocycles. The number of hydrogen-bond donors (Lipinski definition) is 1. The first-order chi connectivity index (χ1) is 16.6. The fourth-order valence-electron chi connectivity index (χ4n) is 3.69. The average molecular weight is 466 g/mol. The summed E-state index contributed by atoms with van der Waals surface area (Å²) < 4.78 is 1.84. The molecule has 0 unspecified atom stereocenters. The van der Waals surface area contributed by atoms with Crippen LogP contribution in [0.4, 0.5) is 5.82 Å². The molecule has 1 amide bonds. The molecule has 0 bridgehead atoms. The van der Waals surface area contributed by atoms with Gasteiger partial charge in [-0.25, -0.2) is 9.67 Å². The summed E-state index contributed by atoms with van der Waals surface area (Å²) in [6.45, 7) is 2.61. The number of rotatable bonds is 7. The molecule has 0 saturated carbocycles. The smallest absolute Gasteiger partial charge is 0.231 e. The third kappa shape index (κ3) is 5.10. The van der Waals surface area contributed by atoms with Crippen LogP contribution in [0.1, 0.15) is 16.8 Å². The van der Waals surface area contributed by atoms with Crippen molar-refractivity contribution >= 4 is 23.1 Å². The van der Waals surface area contributed by atoms with Gasteiger partial charge in [-0.05, 0) is 30.7 Å². The predicted octanol–water partition coefficient (Wildman–Crippen LogP) is 5.61. The summed E-state index contributed by atoms with van der Waals surface area (Å²) in [4.78, 5) is 21.9. The van der Waals surface area contributed by atoms with Crippen molar-refractivity contribution < 1.29 is 4.79 Å². The molecule has 0 aliphatic heterocycles. The zero-order chi connectivity index (χ0) is 23.3. The standard InChI is InChI=1S/C27H23N5OS/c1-19-8-7-11-21(14-19)24-16-25(32(31-24)17-20-9-3-2-4-10-20)30-26(33)15-22-18-34-27(29-22)23-12-5-6-13-28-23/h2-14,16,18H,15,17H2,1H3,(H,30,33). The maximum Gasteiger partial charge on any atom is 0.231 e. The number of amides is 1. The van der Waals surface area contributed by atoms with E-state index in [2.05, 4.69) is 34.3 Å². The largest absolute Gasteiger partial charge is 0.311 e. The van der Waals surface area contributed by atoms with E-state index in [1.165, 1.54) is 11.3 Å². The quantitative estimate of drug-likeness (QED) is 0.339. The highest BCUT2D eigenvalue weighted by molar-refractivity contribution is 7.13. The molecule has 0 fully saturated rings. The van der Waals surface area contributed by atoms with Crippen LogP contribution in [0.25, 0.3) is 22.0 Å². The number of aryl methyl sites for hydroxylation is 1. The van der Waals surface area contributed by atoms with Gasteiger partial charge in [-0.3, -0.25) is 9.78 Å². The minimum absolute atomic E-state index is 0.136. The van der Waals surface area contributed by atoms with Gasteiger partial charge < -0.3 is 5.32 Å². The van der Waals surface area contributed by atoms with Crippen molar-refractivity contribution in [2.75, 3.05) is 5.32 Å². The predicted molar refractivity (Wildman–Crippen MR) is 136 cm³/mol. The number of nitrogens with zero attached hydrogens (tertiary/aromatic N) is 4. The van der Waals surface area contributed by atoms with Crippen molar-refractivity contribution in [3.8, 4) is 22.0 Å². The summed E-state index contributed by atoms with van der Waals surface area (Å²) in [6, 6.07) is 25.9. The maximum absolute atomic E-state index is 12.9. The molecule has 7 heteroatoms. The van der Waals surface area contributed by atoms with Crippen LogP contribution in [-0.4, -0.2) is 25.7 Å². The molecule has 3 heterocycles. The van der Waals surface area contributed by atoms with E-state index in [1.54, 1.807) is 6.20 Å². The van der Waals surface area contributed by atoms with Gasteiger partial charge in [-0.1, -0.05) is 60.2 Å². The van der Waals surface area contributed by atoms with Crippen LogP contribution < -0.4 is 5.32 Å². The third-order valence-electron chi connectivity index (χ3n) is 5.31. The van der Waals surface area contributed by atoms with E-state index >= 15 is 0 Å². The first-order valence-electron chi connectivity index (χ1n) is 11.0. The number of benzene rings is 2. The number of carbonyl (C=O) groups is 1. The highest BCUT2D eigenvalue weighted by Crippen LogP contribution is 2.25. The Morgan fingerprint density at radius 3 is 2.62 bits per heavy atom. The summed E-state index contributed by atoms with van der Waals surface area (Å²) in [5.74, 6) is 0.522. The second-order valence-electron chi connectivity index (χ2n) is 8.01. The molecule has 2 aromatic carbocycles. The van der Waals surface area contributed by atoms with Crippen molar-refractivity contribution in [3.05, 3.63) is 107 Å². The van der Waals surface area contributed by atoms with Gasteiger partial charge in [0.05, 0.1) is 30.0 Å². The maximum atomic E-state index is 12.9. The lowest BCUT2D eigenvalue weighted by atomic mass is 10.1. The van der Waals surface area contributed by atoms with E-state index in [0.29, 0.717) is 12.4 Å². The number of carbonyl (C=O) groups excluding carboxylic acids is 1. The van der Waals surface area contributed by atoms with Crippen LogP contribution in [0.2, 0.25) is 0 Å². The van der Waals surface area contributed by atoms with Gasteiger partial charge >= 0.3 is 0 Å². The Morgan fingerprint density at radius 1 is 0.971 bits per heavy atom. The van der Waals surface area contributed by atoms with Gasteiger partial charge in [-0.15, -0.1) is 11.3 Å². The Morgan fingerprint density at radius 2 is 1.82 bits per heavy atom. The molecule has 5 aromatic rings. The average Bonchev–Trinajstić information content (AvgIpc) is 3.48. The molecule has 0 aliphatic rings. The monoisotopic (exact) mass is 465 g/mol. The molecule has 0 aliphatic carbocycles. The number of thiazole rings is 1. The molecular formula is C27H23N5OS. The van der Waals surface area contributed by atoms with Crippen molar-refractivity contribution in [3.63, 3.8) is 0 Å². The Kier molecular flexibility index (Phi) is 6.27. The normalized spacial score (nSPS) is 10.9. The fourth-order valence-corrected chi connectivity index (χ4v) is 4.48. The van der Waals surface area contributed by atoms with Crippen LogP contribution >= 0.6 is 11.3 Å². The Bertz CT molecular complexity index is 1410. The first-order valence-corrected chi connectivity index (χ1v) is 11.9. The van der Waals surface area contributed by atoms with Gasteiger partial charge in [-0.2, -0.15) is 5.10 Å². The lowest BCUT2D eigenvalue weighted by molar-refractivity contribution is -0.115. The second kappa shape index (κ2) is 9.80. The van der Waals surface area contributed by atoms with E-state index in [9.17, 15) is 4.79 Å². The van der Waals surface area contributed by atoms with Crippen molar-refractivity contribution in [2.24, 2.45) is 0 Å². The first kappa shape index (κ1) is 21.7. The minimum atomic E-state index is -0.136. The van der Waals surface area contributed by atoms with Gasteiger partial charge in [0.25, 0.3) is 0 Å². The molecule has 5 rings (SSSR count). The molecule has 6 nitrogen and oxygen atoms in total. The number of pyridine rings is 1. The Hall–Kier alpha value is -4.10. The Labute approximate surface area is 202 Å². The molecule has 168 valence electrons. The summed E-state index contributed by atoms with van der Waals surface area (Å²) >= 11 is 1.49. The van der Waals surface area contributed by atoms with E-state index in [4.69, 9.17) is 5.10 Å². The van der Waals surface area contributed by atoms with Crippen molar-refractivity contribution in [1.82, 2.24) is 19.7 Å². The lowest BCUT2D eigenvalue weighted by Gasteiger charge is -2.08. The second-order valence-corrected chi connectivity index (χ2v) is 8.87. The van der Waals surface area contributed by atoms with E-state index < -0.39 is 0 Å². The van der Waals surface area contributed by atoms with Crippen LogP contribution in [0.15, 0.2) is 90.4 Å². The van der Waals surface area contributed by atoms with Gasteiger partial charge in [0.15, 0.2) is 0 Å². The van der Waals surface area contributed by atoms with Crippen LogP contribution in [-0.2, 0) is 17.8 Å². The fraction of sp³-hybridized carbons (Fsp3) is 0.111. The van der Waals surface area contributed by atoms with Crippen LogP contribution in [0, 0.1) is 6.92 Å². The molecule has 0 radical (unpaired) electrons. The molecule has 34 heavy (non-hydrogen) atoms. The summed E-state index contributed by atoms with van der Waals surface area (Å²) in [5, 5.41) is 10.6. The molecular weight excluding hydrogens is 442 g/mol. The zero-order valence-electron chi connectivity index (χ0n) is 18.7. The summed E-state index contributed by atoms with van der Waals surface area (Å²) in [6.07, 6.45) is 1.92. The van der Waals surface area contributed by atoms with E-state index in [0.717, 1.165) is 38.8 Å². The minimum Gasteiger partial charge on any atom is -0.311 e. The Balaban J connectivity index is 1.37. The van der Waals surface area contributed by atoms with Crippen molar-refractivity contribution in [1.29, 1.82) is 0 Å². The molecule has 0 saturated heterocycles. The van der Waals surface area contributed by atoms with Gasteiger partial charge in [0.2, 0.25) is 5.91 Å². The highest BCUT2D eigenvalue weighted by atomic mass is 32.1.